The van der Waals surface area contributed by atoms with Crippen LogP contribution < -0.4 is 5.73 Å². The summed E-state index contributed by atoms with van der Waals surface area (Å²) >= 11 is 1.60. The van der Waals surface area contributed by atoms with Crippen molar-refractivity contribution < 1.29 is 4.39 Å². The Morgan fingerprint density at radius 1 is 1.10 bits per heavy atom. The van der Waals surface area contributed by atoms with Gasteiger partial charge in [0.05, 0.1) is 10.2 Å². The van der Waals surface area contributed by atoms with Gasteiger partial charge >= 0.3 is 0 Å². The minimum absolute atomic E-state index is 0.0217. The van der Waals surface area contributed by atoms with E-state index in [1.54, 1.807) is 23.5 Å². The molecule has 0 amide bonds. The van der Waals surface area contributed by atoms with Gasteiger partial charge in [-0.05, 0) is 48.7 Å². The molecule has 1 aliphatic carbocycles. The van der Waals surface area contributed by atoms with Crippen LogP contribution in [0.2, 0.25) is 0 Å². The van der Waals surface area contributed by atoms with Crippen LogP contribution in [-0.2, 0) is 5.41 Å². The number of fused-ring (bicyclic) bond motifs is 1. The quantitative estimate of drug-likeness (QED) is 0.720. The Morgan fingerprint density at radius 3 is 2.55 bits per heavy atom. The van der Waals surface area contributed by atoms with E-state index in [0.717, 1.165) is 33.8 Å². The Morgan fingerprint density at radius 2 is 1.85 bits per heavy atom. The number of halogens is 1. The Bertz CT molecular complexity index is 788. The average Bonchev–Trinajstić information content (AvgIpc) is 3.14. The molecule has 0 spiro atoms. The predicted molar refractivity (Wildman–Crippen MR) is 80.4 cm³/mol. The predicted octanol–water partition coefficient (Wildman–Crippen LogP) is 4.10. The molecule has 3 aromatic rings. The van der Waals surface area contributed by atoms with Gasteiger partial charge in [-0.1, -0.05) is 12.1 Å². The van der Waals surface area contributed by atoms with E-state index in [9.17, 15) is 4.39 Å². The fourth-order valence-electron chi connectivity index (χ4n) is 2.66. The second kappa shape index (κ2) is 4.03. The van der Waals surface area contributed by atoms with Gasteiger partial charge in [-0.3, -0.25) is 0 Å². The van der Waals surface area contributed by atoms with Crippen molar-refractivity contribution in [3.05, 3.63) is 58.9 Å². The summed E-state index contributed by atoms with van der Waals surface area (Å²) < 4.78 is 14.2. The fourth-order valence-corrected chi connectivity index (χ4v) is 3.92. The second-order valence-electron chi connectivity index (χ2n) is 5.34. The summed E-state index contributed by atoms with van der Waals surface area (Å²) in [6.45, 7) is 0. The molecule has 2 N–H and O–H groups in total. The molecule has 2 aromatic carbocycles. The maximum atomic E-state index is 13.3. The van der Waals surface area contributed by atoms with Gasteiger partial charge in [-0.15, -0.1) is 11.3 Å². The summed E-state index contributed by atoms with van der Waals surface area (Å²) in [7, 11) is 0. The van der Waals surface area contributed by atoms with Crippen molar-refractivity contribution in [2.45, 2.75) is 18.3 Å². The number of benzene rings is 2. The number of nitrogens with two attached hydrogens (primary N) is 1. The van der Waals surface area contributed by atoms with Crippen molar-refractivity contribution in [3.63, 3.8) is 0 Å². The average molecular weight is 284 g/mol. The maximum Gasteiger partial charge on any atom is 0.124 e. The number of aromatic nitrogens is 1. The van der Waals surface area contributed by atoms with E-state index in [1.807, 2.05) is 12.1 Å². The number of rotatable bonds is 2. The van der Waals surface area contributed by atoms with Crippen LogP contribution in [0, 0.1) is 5.82 Å². The van der Waals surface area contributed by atoms with Crippen molar-refractivity contribution in [1.82, 2.24) is 4.98 Å². The Kier molecular flexibility index (Phi) is 2.39. The molecule has 100 valence electrons. The second-order valence-corrected chi connectivity index (χ2v) is 6.37. The molecule has 4 rings (SSSR count). The van der Waals surface area contributed by atoms with E-state index in [4.69, 9.17) is 10.7 Å². The zero-order valence-electron chi connectivity index (χ0n) is 10.8. The van der Waals surface area contributed by atoms with Crippen LogP contribution in [0.4, 0.5) is 10.1 Å². The van der Waals surface area contributed by atoms with Crippen LogP contribution in [0.5, 0.6) is 0 Å². The van der Waals surface area contributed by atoms with E-state index < -0.39 is 0 Å². The first kappa shape index (κ1) is 11.9. The van der Waals surface area contributed by atoms with Gasteiger partial charge in [0.15, 0.2) is 0 Å². The third-order valence-corrected chi connectivity index (χ3v) is 5.20. The van der Waals surface area contributed by atoms with Crippen LogP contribution in [0.1, 0.15) is 23.4 Å². The molecule has 0 aliphatic heterocycles. The lowest BCUT2D eigenvalue weighted by atomic mass is 9.96. The molecule has 4 heteroatoms. The lowest BCUT2D eigenvalue weighted by molar-refractivity contribution is 0.630. The summed E-state index contributed by atoms with van der Waals surface area (Å²) in [4.78, 5) is 4.71. The summed E-state index contributed by atoms with van der Waals surface area (Å²) in [5.41, 5.74) is 8.69. The van der Waals surface area contributed by atoms with E-state index in [0.29, 0.717) is 0 Å². The van der Waals surface area contributed by atoms with Crippen molar-refractivity contribution in [3.8, 4) is 0 Å². The van der Waals surface area contributed by atoms with Gasteiger partial charge < -0.3 is 5.73 Å². The number of hydrogen-bond donors (Lipinski definition) is 1. The topological polar surface area (TPSA) is 38.9 Å². The fraction of sp³-hybridized carbons (Fsp3) is 0.188. The molecule has 1 heterocycles. The molecule has 0 bridgehead atoms. The maximum absolute atomic E-state index is 13.3. The molecule has 1 saturated carbocycles. The first-order valence-corrected chi connectivity index (χ1v) is 7.42. The van der Waals surface area contributed by atoms with Crippen molar-refractivity contribution in [1.29, 1.82) is 0 Å². The van der Waals surface area contributed by atoms with Crippen molar-refractivity contribution in [2.75, 3.05) is 5.73 Å². The first-order chi connectivity index (χ1) is 9.67. The summed E-state index contributed by atoms with van der Waals surface area (Å²) in [6, 6.07) is 12.8. The molecule has 1 fully saturated rings. The summed E-state index contributed by atoms with van der Waals surface area (Å²) in [5.74, 6) is -0.204. The summed E-state index contributed by atoms with van der Waals surface area (Å²) in [5, 5.41) is 1.09. The normalized spacial score (nSPS) is 16.4. The van der Waals surface area contributed by atoms with Gasteiger partial charge in [-0.2, -0.15) is 0 Å². The molecule has 1 aliphatic rings. The Balaban J connectivity index is 1.83. The van der Waals surface area contributed by atoms with Crippen LogP contribution in [-0.4, -0.2) is 4.98 Å². The highest BCUT2D eigenvalue weighted by molar-refractivity contribution is 7.18. The van der Waals surface area contributed by atoms with Crippen LogP contribution >= 0.6 is 11.3 Å². The van der Waals surface area contributed by atoms with Gasteiger partial charge in [0.2, 0.25) is 0 Å². The Labute approximate surface area is 120 Å². The van der Waals surface area contributed by atoms with Gasteiger partial charge in [0.25, 0.3) is 0 Å². The van der Waals surface area contributed by atoms with E-state index in [-0.39, 0.29) is 11.2 Å². The van der Waals surface area contributed by atoms with Crippen molar-refractivity contribution in [2.24, 2.45) is 0 Å². The highest BCUT2D eigenvalue weighted by Gasteiger charge is 2.48. The smallest absolute Gasteiger partial charge is 0.124 e. The van der Waals surface area contributed by atoms with E-state index in [1.165, 1.54) is 11.6 Å². The highest BCUT2D eigenvalue weighted by atomic mass is 32.1. The van der Waals surface area contributed by atoms with Crippen LogP contribution in [0.15, 0.2) is 42.5 Å². The SMILES string of the molecule is Nc1ccc(C2(c3nc4ccc(F)cc4s3)CC2)cc1. The molecule has 2 nitrogen and oxygen atoms in total. The van der Waals surface area contributed by atoms with Crippen LogP contribution in [0.25, 0.3) is 10.2 Å². The lowest BCUT2D eigenvalue weighted by Crippen LogP contribution is -2.07. The Hall–Kier alpha value is -1.94. The molecular weight excluding hydrogens is 271 g/mol. The molecule has 20 heavy (non-hydrogen) atoms. The van der Waals surface area contributed by atoms with E-state index >= 15 is 0 Å². The lowest BCUT2D eigenvalue weighted by Gasteiger charge is -2.12. The standard InChI is InChI=1S/C16H13FN2S/c17-11-3-6-13-14(9-11)20-15(19-13)16(7-8-16)10-1-4-12(18)5-2-10/h1-6,9H,7-8,18H2. The molecule has 1 aromatic heterocycles. The van der Waals surface area contributed by atoms with Gasteiger partial charge in [-0.25, -0.2) is 9.37 Å². The zero-order valence-corrected chi connectivity index (χ0v) is 11.6. The highest BCUT2D eigenvalue weighted by Crippen LogP contribution is 2.55. The molecule has 0 radical (unpaired) electrons. The molecular formula is C16H13FN2S. The zero-order chi connectivity index (χ0) is 13.7. The van der Waals surface area contributed by atoms with E-state index in [2.05, 4.69) is 12.1 Å². The van der Waals surface area contributed by atoms with Gasteiger partial charge in [0.1, 0.15) is 10.8 Å². The molecule has 0 atom stereocenters. The number of thiazole rings is 1. The minimum Gasteiger partial charge on any atom is -0.399 e. The molecule has 0 saturated heterocycles. The monoisotopic (exact) mass is 284 g/mol. The molecule has 0 unspecified atom stereocenters. The third-order valence-electron chi connectivity index (χ3n) is 3.97. The van der Waals surface area contributed by atoms with Crippen LogP contribution in [0.3, 0.4) is 0 Å². The number of nitrogen functional groups attached to an aromatic ring is 1. The van der Waals surface area contributed by atoms with Crippen molar-refractivity contribution >= 4 is 27.2 Å². The number of nitrogens with zero attached hydrogens (tertiary/aromatic N) is 1. The number of hydrogen-bond acceptors (Lipinski definition) is 3. The third kappa shape index (κ3) is 1.72. The largest absolute Gasteiger partial charge is 0.399 e. The summed E-state index contributed by atoms with van der Waals surface area (Å²) in [6.07, 6.45) is 2.19. The minimum atomic E-state index is -0.204. The number of anilines is 1. The first-order valence-electron chi connectivity index (χ1n) is 6.60. The van der Waals surface area contributed by atoms with Gasteiger partial charge in [0, 0.05) is 11.1 Å².